The van der Waals surface area contributed by atoms with E-state index < -0.39 is 11.8 Å². The Bertz CT molecular complexity index is 1300. The SMILES string of the molecule is COc1ccc(Cl)cc1C(=O)NNC(=O)c1cc(-c2ccco2)nc2c1c(C)nn2C. The summed E-state index contributed by atoms with van der Waals surface area (Å²) in [4.78, 5) is 30.2. The van der Waals surface area contributed by atoms with E-state index in [1.54, 1.807) is 49.0 Å². The minimum atomic E-state index is -0.577. The van der Waals surface area contributed by atoms with E-state index in [4.69, 9.17) is 20.8 Å². The van der Waals surface area contributed by atoms with E-state index in [2.05, 4.69) is 20.9 Å². The van der Waals surface area contributed by atoms with Crippen LogP contribution < -0.4 is 15.6 Å². The number of benzene rings is 1. The van der Waals surface area contributed by atoms with Gasteiger partial charge in [-0.2, -0.15) is 5.10 Å². The lowest BCUT2D eigenvalue weighted by Gasteiger charge is -2.12. The van der Waals surface area contributed by atoms with Gasteiger partial charge in [0.1, 0.15) is 11.4 Å². The molecule has 4 rings (SSSR count). The Morgan fingerprint density at radius 2 is 1.87 bits per heavy atom. The van der Waals surface area contributed by atoms with Crippen molar-refractivity contribution >= 4 is 34.4 Å². The zero-order valence-corrected chi connectivity index (χ0v) is 17.6. The van der Waals surface area contributed by atoms with E-state index in [9.17, 15) is 9.59 Å². The number of halogens is 1. The van der Waals surface area contributed by atoms with Crippen LogP contribution in [-0.2, 0) is 7.05 Å². The Morgan fingerprint density at radius 3 is 2.55 bits per heavy atom. The summed E-state index contributed by atoms with van der Waals surface area (Å²) in [5.74, 6) is -0.286. The maximum Gasteiger partial charge on any atom is 0.273 e. The Morgan fingerprint density at radius 1 is 1.13 bits per heavy atom. The number of aromatic nitrogens is 3. The van der Waals surface area contributed by atoms with Gasteiger partial charge in [-0.1, -0.05) is 11.6 Å². The minimum absolute atomic E-state index is 0.184. The van der Waals surface area contributed by atoms with Crippen LogP contribution in [0.3, 0.4) is 0 Å². The molecule has 3 heterocycles. The molecule has 1 aromatic carbocycles. The number of nitrogens with one attached hydrogen (secondary N) is 2. The fraction of sp³-hybridized carbons (Fsp3) is 0.143. The molecular formula is C21H18ClN5O4. The second-order valence-corrected chi connectivity index (χ2v) is 7.13. The third-order valence-corrected chi connectivity index (χ3v) is 4.92. The number of hydrogen-bond donors (Lipinski definition) is 2. The third-order valence-electron chi connectivity index (χ3n) is 4.68. The van der Waals surface area contributed by atoms with Crippen molar-refractivity contribution in [1.82, 2.24) is 25.6 Å². The van der Waals surface area contributed by atoms with Gasteiger partial charge in [0.2, 0.25) is 0 Å². The molecule has 0 saturated carbocycles. The van der Waals surface area contributed by atoms with Gasteiger partial charge in [0.15, 0.2) is 11.4 Å². The molecule has 0 spiro atoms. The van der Waals surface area contributed by atoms with Crippen LogP contribution in [0.25, 0.3) is 22.5 Å². The zero-order valence-electron chi connectivity index (χ0n) is 16.9. The van der Waals surface area contributed by atoms with Gasteiger partial charge in [0, 0.05) is 12.1 Å². The van der Waals surface area contributed by atoms with Gasteiger partial charge in [-0.3, -0.25) is 25.1 Å². The van der Waals surface area contributed by atoms with E-state index in [1.807, 2.05) is 0 Å². The van der Waals surface area contributed by atoms with E-state index in [1.165, 1.54) is 19.4 Å². The molecular weight excluding hydrogens is 422 g/mol. The molecule has 0 aliphatic carbocycles. The molecule has 31 heavy (non-hydrogen) atoms. The third kappa shape index (κ3) is 3.82. The summed E-state index contributed by atoms with van der Waals surface area (Å²) in [7, 11) is 3.18. The Balaban J connectivity index is 1.66. The van der Waals surface area contributed by atoms with Crippen molar-refractivity contribution in [2.45, 2.75) is 6.92 Å². The number of rotatable bonds is 4. The number of hydrogen-bond acceptors (Lipinski definition) is 6. The topological polar surface area (TPSA) is 111 Å². The average Bonchev–Trinajstić information content (AvgIpc) is 3.40. The van der Waals surface area contributed by atoms with Crippen LogP contribution in [0.15, 0.2) is 47.1 Å². The van der Waals surface area contributed by atoms with Gasteiger partial charge < -0.3 is 9.15 Å². The Hall–Kier alpha value is -3.85. The molecule has 2 amide bonds. The summed E-state index contributed by atoms with van der Waals surface area (Å²) >= 11 is 5.98. The van der Waals surface area contributed by atoms with Gasteiger partial charge in [-0.05, 0) is 43.3 Å². The molecule has 158 valence electrons. The van der Waals surface area contributed by atoms with Crippen molar-refractivity contribution in [3.05, 3.63) is 64.5 Å². The van der Waals surface area contributed by atoms with Crippen LogP contribution in [-0.4, -0.2) is 33.7 Å². The fourth-order valence-corrected chi connectivity index (χ4v) is 3.45. The lowest BCUT2D eigenvalue weighted by atomic mass is 10.1. The highest BCUT2D eigenvalue weighted by Crippen LogP contribution is 2.27. The molecule has 0 saturated heterocycles. The highest BCUT2D eigenvalue weighted by Gasteiger charge is 2.21. The summed E-state index contributed by atoms with van der Waals surface area (Å²) in [6, 6.07) is 9.69. The molecule has 4 aromatic rings. The lowest BCUT2D eigenvalue weighted by Crippen LogP contribution is -2.41. The number of hydrazine groups is 1. The van der Waals surface area contributed by atoms with Gasteiger partial charge in [0.25, 0.3) is 11.8 Å². The van der Waals surface area contributed by atoms with Crippen molar-refractivity contribution in [3.8, 4) is 17.2 Å². The minimum Gasteiger partial charge on any atom is -0.496 e. The van der Waals surface area contributed by atoms with Gasteiger partial charge in [-0.15, -0.1) is 0 Å². The number of carbonyl (C=O) groups is 2. The number of nitrogens with zero attached hydrogens (tertiary/aromatic N) is 3. The molecule has 10 heteroatoms. The first-order valence-electron chi connectivity index (χ1n) is 9.21. The van der Waals surface area contributed by atoms with E-state index in [0.29, 0.717) is 44.5 Å². The quantitative estimate of drug-likeness (QED) is 0.472. The monoisotopic (exact) mass is 439 g/mol. The highest BCUT2D eigenvalue weighted by molar-refractivity contribution is 6.31. The van der Waals surface area contributed by atoms with Crippen molar-refractivity contribution in [3.63, 3.8) is 0 Å². The smallest absolute Gasteiger partial charge is 0.273 e. The Kier molecular flexibility index (Phi) is 5.35. The molecule has 0 fully saturated rings. The lowest BCUT2D eigenvalue weighted by molar-refractivity contribution is 0.0846. The van der Waals surface area contributed by atoms with Crippen LogP contribution in [0.4, 0.5) is 0 Å². The normalized spacial score (nSPS) is 10.8. The molecule has 0 unspecified atom stereocenters. The van der Waals surface area contributed by atoms with Crippen LogP contribution in [0, 0.1) is 6.92 Å². The molecule has 9 nitrogen and oxygen atoms in total. The summed E-state index contributed by atoms with van der Waals surface area (Å²) in [6.07, 6.45) is 1.52. The fourth-order valence-electron chi connectivity index (χ4n) is 3.28. The second kappa shape index (κ2) is 8.11. The molecule has 0 radical (unpaired) electrons. The largest absolute Gasteiger partial charge is 0.496 e. The van der Waals surface area contributed by atoms with Gasteiger partial charge in [-0.25, -0.2) is 4.98 Å². The van der Waals surface area contributed by atoms with Crippen molar-refractivity contribution in [2.75, 3.05) is 7.11 Å². The zero-order chi connectivity index (χ0) is 22.1. The van der Waals surface area contributed by atoms with Crippen molar-refractivity contribution in [2.24, 2.45) is 7.05 Å². The van der Waals surface area contributed by atoms with Crippen LogP contribution in [0.5, 0.6) is 5.75 Å². The molecule has 3 aromatic heterocycles. The first-order chi connectivity index (χ1) is 14.9. The molecule has 2 N–H and O–H groups in total. The van der Waals surface area contributed by atoms with Gasteiger partial charge in [0.05, 0.1) is 35.6 Å². The number of furan rings is 1. The number of aryl methyl sites for hydroxylation is 2. The first-order valence-corrected chi connectivity index (χ1v) is 9.59. The number of carbonyl (C=O) groups excluding carboxylic acids is 2. The molecule has 0 aliphatic rings. The van der Waals surface area contributed by atoms with Crippen molar-refractivity contribution in [1.29, 1.82) is 0 Å². The van der Waals surface area contributed by atoms with Crippen LogP contribution in [0.1, 0.15) is 26.4 Å². The van der Waals surface area contributed by atoms with Crippen LogP contribution >= 0.6 is 11.6 Å². The summed E-state index contributed by atoms with van der Waals surface area (Å²) in [5.41, 5.74) is 6.92. The molecule has 0 bridgehead atoms. The standard InChI is InChI=1S/C21H18ClN5O4/c1-11-18-14(10-15(17-5-4-8-31-17)23-19(18)27(2)26-11)21(29)25-24-20(28)13-9-12(22)6-7-16(13)30-3/h4-10H,1-3H3,(H,24,28)(H,25,29). The predicted octanol–water partition coefficient (Wildman–Crippen LogP) is 3.27. The average molecular weight is 440 g/mol. The molecule has 0 atom stereocenters. The highest BCUT2D eigenvalue weighted by atomic mass is 35.5. The number of fused-ring (bicyclic) bond motifs is 1. The first kappa shape index (κ1) is 20.4. The number of pyridine rings is 1. The van der Waals surface area contributed by atoms with E-state index in [-0.39, 0.29) is 5.56 Å². The summed E-state index contributed by atoms with van der Waals surface area (Å²) in [5, 5.41) is 5.29. The number of methoxy groups -OCH3 is 1. The Labute approximate surface area is 181 Å². The summed E-state index contributed by atoms with van der Waals surface area (Å²) < 4.78 is 12.2. The van der Waals surface area contributed by atoms with Crippen LogP contribution in [0.2, 0.25) is 5.02 Å². The number of ether oxygens (including phenoxy) is 1. The van der Waals surface area contributed by atoms with E-state index >= 15 is 0 Å². The maximum absolute atomic E-state index is 13.0. The molecule has 0 aliphatic heterocycles. The van der Waals surface area contributed by atoms with Gasteiger partial charge >= 0.3 is 0 Å². The summed E-state index contributed by atoms with van der Waals surface area (Å²) in [6.45, 7) is 1.78. The maximum atomic E-state index is 13.0. The second-order valence-electron chi connectivity index (χ2n) is 6.69. The number of amides is 2. The van der Waals surface area contributed by atoms with E-state index in [0.717, 1.165) is 0 Å². The van der Waals surface area contributed by atoms with Crippen molar-refractivity contribution < 1.29 is 18.7 Å². The predicted molar refractivity (Wildman–Crippen MR) is 114 cm³/mol.